The Balaban J connectivity index is 1.91. The quantitative estimate of drug-likeness (QED) is 0.850. The third kappa shape index (κ3) is 4.93. The maximum Gasteiger partial charge on any atom is 0.416 e. The number of hydrogen-bond acceptors (Lipinski definition) is 4. The van der Waals surface area contributed by atoms with Crippen molar-refractivity contribution in [3.05, 3.63) is 35.4 Å². The number of nitrogens with one attached hydrogen (secondary N) is 1. The van der Waals surface area contributed by atoms with E-state index >= 15 is 0 Å². The van der Waals surface area contributed by atoms with Crippen molar-refractivity contribution < 1.29 is 27.8 Å². The van der Waals surface area contributed by atoms with E-state index in [4.69, 9.17) is 4.74 Å². The normalized spacial score (nSPS) is 20.6. The molecule has 2 N–H and O–H groups in total. The zero-order chi connectivity index (χ0) is 17.7. The molecule has 1 aliphatic heterocycles. The molecule has 5 nitrogen and oxygen atoms in total. The Morgan fingerprint density at radius 2 is 2.25 bits per heavy atom. The van der Waals surface area contributed by atoms with E-state index < -0.39 is 23.9 Å². The number of carbonyl (C=O) groups excluding carboxylic acids is 1. The van der Waals surface area contributed by atoms with Gasteiger partial charge in [-0.1, -0.05) is 19.1 Å². The first-order chi connectivity index (χ1) is 11.3. The highest BCUT2D eigenvalue weighted by atomic mass is 19.4. The Morgan fingerprint density at radius 3 is 2.92 bits per heavy atom. The van der Waals surface area contributed by atoms with Crippen LogP contribution in [0.15, 0.2) is 24.3 Å². The van der Waals surface area contributed by atoms with Crippen molar-refractivity contribution in [1.82, 2.24) is 10.2 Å². The number of alkyl halides is 3. The highest BCUT2D eigenvalue weighted by molar-refractivity contribution is 5.81. The third-order valence-electron chi connectivity index (χ3n) is 3.96. The molecule has 0 spiro atoms. The average Bonchev–Trinajstić information content (AvgIpc) is 2.58. The molecular weight excluding hydrogens is 325 g/mol. The number of amides is 1. The van der Waals surface area contributed by atoms with Crippen LogP contribution in [0.1, 0.15) is 24.2 Å². The molecule has 0 bridgehead atoms. The van der Waals surface area contributed by atoms with E-state index in [0.29, 0.717) is 13.2 Å². The number of carbonyl (C=O) groups is 1. The minimum absolute atomic E-state index is 0.102. The van der Waals surface area contributed by atoms with Gasteiger partial charge >= 0.3 is 6.18 Å². The molecule has 1 fully saturated rings. The van der Waals surface area contributed by atoms with Crippen LogP contribution in [-0.4, -0.2) is 54.8 Å². The van der Waals surface area contributed by atoms with E-state index in [-0.39, 0.29) is 18.0 Å². The molecule has 1 aliphatic rings. The van der Waals surface area contributed by atoms with Gasteiger partial charge in [-0.15, -0.1) is 0 Å². The monoisotopic (exact) mass is 346 g/mol. The summed E-state index contributed by atoms with van der Waals surface area (Å²) < 4.78 is 43.4. The predicted octanol–water partition coefficient (Wildman–Crippen LogP) is 1.58. The van der Waals surface area contributed by atoms with E-state index in [2.05, 4.69) is 10.2 Å². The van der Waals surface area contributed by atoms with Crippen LogP contribution in [0, 0.1) is 0 Å². The van der Waals surface area contributed by atoms with Crippen molar-refractivity contribution in [3.8, 4) is 0 Å². The SMILES string of the molecule is CCN1CCO[C@H](C(=O)NC[C@@H](O)c2cccc(C(F)(F)F)c2)C1. The molecule has 1 heterocycles. The molecule has 1 aromatic rings. The van der Waals surface area contributed by atoms with E-state index in [1.54, 1.807) is 0 Å². The van der Waals surface area contributed by atoms with Gasteiger partial charge in [0.2, 0.25) is 0 Å². The van der Waals surface area contributed by atoms with Crippen LogP contribution >= 0.6 is 0 Å². The maximum atomic E-state index is 12.7. The largest absolute Gasteiger partial charge is 0.416 e. The van der Waals surface area contributed by atoms with E-state index in [1.807, 2.05) is 6.92 Å². The highest BCUT2D eigenvalue weighted by Gasteiger charge is 2.31. The highest BCUT2D eigenvalue weighted by Crippen LogP contribution is 2.30. The van der Waals surface area contributed by atoms with Gasteiger partial charge in [-0.05, 0) is 24.2 Å². The summed E-state index contributed by atoms with van der Waals surface area (Å²) in [6, 6.07) is 4.44. The first kappa shape index (κ1) is 18.7. The summed E-state index contributed by atoms with van der Waals surface area (Å²) in [5.74, 6) is -0.376. The number of morpholine rings is 1. The van der Waals surface area contributed by atoms with Crippen molar-refractivity contribution in [2.75, 3.05) is 32.8 Å². The second kappa shape index (κ2) is 7.96. The third-order valence-corrected chi connectivity index (χ3v) is 3.96. The lowest BCUT2D eigenvalue weighted by molar-refractivity contribution is -0.139. The first-order valence-corrected chi connectivity index (χ1v) is 7.78. The molecular formula is C16H21F3N2O3. The van der Waals surface area contributed by atoms with Crippen molar-refractivity contribution in [2.24, 2.45) is 0 Å². The van der Waals surface area contributed by atoms with E-state index in [1.165, 1.54) is 12.1 Å². The summed E-state index contributed by atoms with van der Waals surface area (Å²) in [4.78, 5) is 14.1. The minimum Gasteiger partial charge on any atom is -0.387 e. The predicted molar refractivity (Wildman–Crippen MR) is 81.3 cm³/mol. The molecule has 134 valence electrons. The molecule has 1 aromatic carbocycles. The van der Waals surface area contributed by atoms with E-state index in [0.717, 1.165) is 25.2 Å². The molecule has 24 heavy (non-hydrogen) atoms. The van der Waals surface area contributed by atoms with Gasteiger partial charge in [-0.2, -0.15) is 13.2 Å². The van der Waals surface area contributed by atoms with Crippen LogP contribution in [0.3, 0.4) is 0 Å². The Morgan fingerprint density at radius 1 is 1.50 bits per heavy atom. The molecule has 1 amide bonds. The number of aliphatic hydroxyl groups is 1. The summed E-state index contributed by atoms with van der Waals surface area (Å²) in [5, 5.41) is 12.6. The van der Waals surface area contributed by atoms with Gasteiger partial charge in [0.25, 0.3) is 5.91 Å². The molecule has 8 heteroatoms. The van der Waals surface area contributed by atoms with Gasteiger partial charge in [0.15, 0.2) is 0 Å². The molecule has 1 saturated heterocycles. The van der Waals surface area contributed by atoms with Gasteiger partial charge in [-0.3, -0.25) is 9.69 Å². The second-order valence-electron chi connectivity index (χ2n) is 5.64. The Hall–Kier alpha value is -1.64. The fourth-order valence-corrected chi connectivity index (χ4v) is 2.50. The fraction of sp³-hybridized carbons (Fsp3) is 0.562. The maximum absolute atomic E-state index is 12.7. The van der Waals surface area contributed by atoms with Crippen LogP contribution in [-0.2, 0) is 15.7 Å². The van der Waals surface area contributed by atoms with Crippen molar-refractivity contribution in [1.29, 1.82) is 0 Å². The molecule has 0 radical (unpaired) electrons. The molecule has 0 aliphatic carbocycles. The number of benzene rings is 1. The number of nitrogens with zero attached hydrogens (tertiary/aromatic N) is 1. The van der Waals surface area contributed by atoms with Gasteiger partial charge in [0, 0.05) is 19.6 Å². The lowest BCUT2D eigenvalue weighted by Crippen LogP contribution is -2.50. The van der Waals surface area contributed by atoms with Gasteiger partial charge in [-0.25, -0.2) is 0 Å². The number of halogens is 3. The minimum atomic E-state index is -4.47. The van der Waals surface area contributed by atoms with Crippen LogP contribution in [0.4, 0.5) is 13.2 Å². The fourth-order valence-electron chi connectivity index (χ4n) is 2.50. The summed E-state index contributed by atoms with van der Waals surface area (Å²) in [6.45, 7) is 4.28. The van der Waals surface area contributed by atoms with Crippen molar-refractivity contribution >= 4 is 5.91 Å². The average molecular weight is 346 g/mol. The second-order valence-corrected chi connectivity index (χ2v) is 5.64. The lowest BCUT2D eigenvalue weighted by atomic mass is 10.1. The van der Waals surface area contributed by atoms with Crippen LogP contribution < -0.4 is 5.32 Å². The zero-order valence-corrected chi connectivity index (χ0v) is 13.3. The first-order valence-electron chi connectivity index (χ1n) is 7.78. The van der Waals surface area contributed by atoms with Crippen molar-refractivity contribution in [3.63, 3.8) is 0 Å². The Kier molecular flexibility index (Phi) is 6.20. The number of rotatable bonds is 5. The number of likely N-dealkylation sites (N-methyl/N-ethyl adjacent to an activating group) is 1. The van der Waals surface area contributed by atoms with Gasteiger partial charge in [0.05, 0.1) is 18.3 Å². The summed E-state index contributed by atoms with van der Waals surface area (Å²) >= 11 is 0. The Labute approximate surface area is 138 Å². The smallest absolute Gasteiger partial charge is 0.387 e. The van der Waals surface area contributed by atoms with Crippen LogP contribution in [0.2, 0.25) is 0 Å². The molecule has 0 saturated carbocycles. The lowest BCUT2D eigenvalue weighted by Gasteiger charge is -2.31. The standard InChI is InChI=1S/C16H21F3N2O3/c1-2-21-6-7-24-14(10-21)15(23)20-9-13(22)11-4-3-5-12(8-11)16(17,18)19/h3-5,8,13-14,22H,2,6-7,9-10H2,1H3,(H,20,23)/t13-,14+/m1/s1. The number of hydrogen-bond donors (Lipinski definition) is 2. The van der Waals surface area contributed by atoms with Crippen LogP contribution in [0.25, 0.3) is 0 Å². The van der Waals surface area contributed by atoms with Crippen molar-refractivity contribution in [2.45, 2.75) is 25.3 Å². The van der Waals surface area contributed by atoms with E-state index in [9.17, 15) is 23.1 Å². The molecule has 2 atom stereocenters. The number of aliphatic hydroxyl groups excluding tert-OH is 1. The molecule has 0 aromatic heterocycles. The Bertz CT molecular complexity index is 566. The molecule has 2 rings (SSSR count). The van der Waals surface area contributed by atoms with Gasteiger partial charge < -0.3 is 15.2 Å². The van der Waals surface area contributed by atoms with Crippen LogP contribution in [0.5, 0.6) is 0 Å². The zero-order valence-electron chi connectivity index (χ0n) is 13.3. The summed E-state index contributed by atoms with van der Waals surface area (Å²) in [6.07, 6.45) is -6.33. The topological polar surface area (TPSA) is 61.8 Å². The number of ether oxygens (including phenoxy) is 1. The molecule has 0 unspecified atom stereocenters. The summed E-state index contributed by atoms with van der Waals surface area (Å²) in [5.41, 5.74) is -0.732. The summed E-state index contributed by atoms with van der Waals surface area (Å²) in [7, 11) is 0. The van der Waals surface area contributed by atoms with Gasteiger partial charge in [0.1, 0.15) is 6.10 Å².